The van der Waals surface area contributed by atoms with Gasteiger partial charge in [-0.2, -0.15) is 26.3 Å². The van der Waals surface area contributed by atoms with Crippen LogP contribution in [0.5, 0.6) is 0 Å². The lowest BCUT2D eigenvalue weighted by atomic mass is 10.3. The van der Waals surface area contributed by atoms with Crippen molar-refractivity contribution in [1.29, 1.82) is 0 Å². The van der Waals surface area contributed by atoms with Gasteiger partial charge in [0.1, 0.15) is 5.69 Å². The average molecular weight is 249 g/mol. The van der Waals surface area contributed by atoms with E-state index in [9.17, 15) is 26.3 Å². The van der Waals surface area contributed by atoms with E-state index in [0.717, 1.165) is 0 Å². The molecule has 1 heterocycles. The van der Waals surface area contributed by atoms with Crippen molar-refractivity contribution in [2.45, 2.75) is 17.4 Å². The summed E-state index contributed by atoms with van der Waals surface area (Å²) in [6, 6.07) is 0.0752. The second-order valence-corrected chi connectivity index (χ2v) is 3.44. The lowest BCUT2D eigenvalue weighted by molar-refractivity contribution is -0.142. The molecule has 0 atom stereocenters. The number of alkyl halides is 6. The lowest BCUT2D eigenvalue weighted by Gasteiger charge is -2.04. The zero-order valence-electron chi connectivity index (χ0n) is 7.25. The fourth-order valence-electron chi connectivity index (χ4n) is 0.960. The molecule has 0 radical (unpaired) electrons. The number of thioether (sulfide) groups is 1. The first-order valence-corrected chi connectivity index (χ1v) is 4.80. The van der Waals surface area contributed by atoms with Crippen molar-refractivity contribution in [3.8, 4) is 0 Å². The molecule has 1 aromatic rings. The minimum atomic E-state index is -4.80. The van der Waals surface area contributed by atoms with Crippen LogP contribution in [0.2, 0.25) is 0 Å². The molecule has 1 aromatic heterocycles. The molecule has 0 aliphatic heterocycles. The molecule has 0 bridgehead atoms. The Kier molecular flexibility index (Phi) is 2.99. The second-order valence-electron chi connectivity index (χ2n) is 2.63. The van der Waals surface area contributed by atoms with Gasteiger partial charge in [0.05, 0.1) is 10.6 Å². The number of rotatable bonds is 1. The molecule has 86 valence electrons. The number of aromatic amines is 1. The molecule has 0 spiro atoms. The first-order valence-electron chi connectivity index (χ1n) is 3.57. The molecule has 8 heteroatoms. The van der Waals surface area contributed by atoms with E-state index in [0.29, 0.717) is 11.8 Å². The van der Waals surface area contributed by atoms with Crippen molar-refractivity contribution >= 4 is 11.8 Å². The Bertz CT molecular complexity index is 349. The van der Waals surface area contributed by atoms with E-state index >= 15 is 0 Å². The zero-order valence-corrected chi connectivity index (χ0v) is 8.07. The number of nitrogens with one attached hydrogen (secondary N) is 1. The highest BCUT2D eigenvalue weighted by atomic mass is 32.2. The average Bonchev–Trinajstić information content (AvgIpc) is 2.44. The number of hydrogen-bond donors (Lipinski definition) is 1. The summed E-state index contributed by atoms with van der Waals surface area (Å²) in [5.41, 5.74) is -2.68. The van der Waals surface area contributed by atoms with Crippen LogP contribution in [0.1, 0.15) is 11.3 Å². The van der Waals surface area contributed by atoms with Gasteiger partial charge in [-0.25, -0.2) is 0 Å². The largest absolute Gasteiger partial charge is 0.431 e. The van der Waals surface area contributed by atoms with Crippen LogP contribution >= 0.6 is 11.8 Å². The first-order chi connectivity index (χ1) is 6.66. The van der Waals surface area contributed by atoms with Crippen molar-refractivity contribution in [1.82, 2.24) is 4.98 Å². The molecule has 0 aliphatic carbocycles. The summed E-state index contributed by atoms with van der Waals surface area (Å²) < 4.78 is 73.0. The van der Waals surface area contributed by atoms with E-state index in [-0.39, 0.29) is 6.07 Å². The monoisotopic (exact) mass is 249 g/mol. The fraction of sp³-hybridized carbons (Fsp3) is 0.429. The van der Waals surface area contributed by atoms with Crippen LogP contribution < -0.4 is 0 Å². The Morgan fingerprint density at radius 2 is 1.60 bits per heavy atom. The Balaban J connectivity index is 3.24. The molecule has 0 saturated carbocycles. The summed E-state index contributed by atoms with van der Waals surface area (Å²) in [7, 11) is 0. The van der Waals surface area contributed by atoms with Crippen LogP contribution in [0.3, 0.4) is 0 Å². The molecule has 1 nitrogen and oxygen atoms in total. The van der Waals surface area contributed by atoms with E-state index < -0.39 is 28.6 Å². The van der Waals surface area contributed by atoms with Crippen molar-refractivity contribution in [3.63, 3.8) is 0 Å². The van der Waals surface area contributed by atoms with E-state index in [1.807, 2.05) is 0 Å². The predicted molar refractivity (Wildman–Crippen MR) is 42.6 cm³/mol. The predicted octanol–water partition coefficient (Wildman–Crippen LogP) is 3.77. The van der Waals surface area contributed by atoms with E-state index in [1.54, 1.807) is 4.98 Å². The third-order valence-corrected chi connectivity index (χ3v) is 2.33. The third-order valence-electron chi connectivity index (χ3n) is 1.60. The van der Waals surface area contributed by atoms with Gasteiger partial charge in [-0.15, -0.1) is 11.8 Å². The highest BCUT2D eigenvalue weighted by Crippen LogP contribution is 2.40. The van der Waals surface area contributed by atoms with Crippen LogP contribution in [0, 0.1) is 0 Å². The van der Waals surface area contributed by atoms with Crippen molar-refractivity contribution in [3.05, 3.63) is 17.3 Å². The summed E-state index contributed by atoms with van der Waals surface area (Å²) in [6.45, 7) is 0. The van der Waals surface area contributed by atoms with Crippen LogP contribution in [0.15, 0.2) is 11.1 Å². The van der Waals surface area contributed by atoms with Gasteiger partial charge >= 0.3 is 12.4 Å². The summed E-state index contributed by atoms with van der Waals surface area (Å²) in [5.74, 6) is 0. The molecule has 0 aliphatic rings. The number of H-pyrrole nitrogens is 1. The summed E-state index contributed by atoms with van der Waals surface area (Å²) in [5, 5.41) is -0.533. The molecule has 15 heavy (non-hydrogen) atoms. The van der Waals surface area contributed by atoms with Crippen LogP contribution in [0.4, 0.5) is 26.3 Å². The van der Waals surface area contributed by atoms with Crippen molar-refractivity contribution in [2.24, 2.45) is 0 Å². The molecule has 0 unspecified atom stereocenters. The smallest absolute Gasteiger partial charge is 0.346 e. The van der Waals surface area contributed by atoms with Gasteiger partial charge in [0.25, 0.3) is 0 Å². The first kappa shape index (κ1) is 12.3. The van der Waals surface area contributed by atoms with Gasteiger partial charge in [-0.05, 0) is 12.3 Å². The highest BCUT2D eigenvalue weighted by Gasteiger charge is 2.40. The standard InChI is InChI=1S/C7H5F6NS/c1-15-5-3(6(8,9)10)2-4(14-5)7(11,12)13/h2,14H,1H3. The Labute approximate surface area is 84.9 Å². The Morgan fingerprint density at radius 1 is 1.07 bits per heavy atom. The van der Waals surface area contributed by atoms with Crippen LogP contribution in [-0.2, 0) is 12.4 Å². The summed E-state index contributed by atoms with van der Waals surface area (Å²) >= 11 is 0.584. The number of hydrogen-bond acceptors (Lipinski definition) is 1. The van der Waals surface area contributed by atoms with Crippen molar-refractivity contribution < 1.29 is 26.3 Å². The van der Waals surface area contributed by atoms with Gasteiger partial charge in [-0.1, -0.05) is 0 Å². The van der Waals surface area contributed by atoms with E-state index in [2.05, 4.69) is 0 Å². The molecule has 1 rings (SSSR count). The van der Waals surface area contributed by atoms with Gasteiger partial charge in [0, 0.05) is 0 Å². The molecule has 0 aromatic carbocycles. The van der Waals surface area contributed by atoms with Gasteiger partial charge < -0.3 is 4.98 Å². The maximum Gasteiger partial charge on any atom is 0.431 e. The SMILES string of the molecule is CSc1[nH]c(C(F)(F)F)cc1C(F)(F)F. The topological polar surface area (TPSA) is 15.8 Å². The Morgan fingerprint density at radius 3 is 1.87 bits per heavy atom. The van der Waals surface area contributed by atoms with Crippen LogP contribution in [-0.4, -0.2) is 11.2 Å². The molecular weight excluding hydrogens is 244 g/mol. The zero-order chi connectivity index (χ0) is 11.9. The molecular formula is C7H5F6NS. The van der Waals surface area contributed by atoms with Crippen LogP contribution in [0.25, 0.3) is 0 Å². The second kappa shape index (κ2) is 3.66. The van der Waals surface area contributed by atoms with Crippen molar-refractivity contribution in [2.75, 3.05) is 6.26 Å². The summed E-state index contributed by atoms with van der Waals surface area (Å²) in [4.78, 5) is 1.70. The normalized spacial score (nSPS) is 13.3. The van der Waals surface area contributed by atoms with Gasteiger partial charge in [0.2, 0.25) is 0 Å². The lowest BCUT2D eigenvalue weighted by Crippen LogP contribution is -2.06. The minimum absolute atomic E-state index is 0.0752. The summed E-state index contributed by atoms with van der Waals surface area (Å²) in [6.07, 6.45) is -8.31. The Hall–Kier alpha value is -0.790. The molecule has 1 N–H and O–H groups in total. The molecule has 0 saturated heterocycles. The van der Waals surface area contributed by atoms with E-state index in [4.69, 9.17) is 0 Å². The molecule has 0 amide bonds. The fourth-order valence-corrected chi connectivity index (χ4v) is 1.57. The number of halogens is 6. The van der Waals surface area contributed by atoms with Gasteiger partial charge in [-0.3, -0.25) is 0 Å². The maximum absolute atomic E-state index is 12.2. The third kappa shape index (κ3) is 2.61. The molecule has 0 fully saturated rings. The minimum Gasteiger partial charge on any atom is -0.346 e. The highest BCUT2D eigenvalue weighted by molar-refractivity contribution is 7.98. The van der Waals surface area contributed by atoms with E-state index in [1.165, 1.54) is 6.26 Å². The number of aromatic nitrogens is 1. The maximum atomic E-state index is 12.2. The quantitative estimate of drug-likeness (QED) is 0.591. The van der Waals surface area contributed by atoms with Gasteiger partial charge in [0.15, 0.2) is 0 Å².